The van der Waals surface area contributed by atoms with Crippen LogP contribution in [-0.4, -0.2) is 15.0 Å². The van der Waals surface area contributed by atoms with Crippen molar-refractivity contribution in [3.05, 3.63) is 24.8 Å². The van der Waals surface area contributed by atoms with Crippen LogP contribution < -0.4 is 0 Å². The summed E-state index contributed by atoms with van der Waals surface area (Å²) < 4.78 is 0. The summed E-state index contributed by atoms with van der Waals surface area (Å²) in [6.45, 7) is 0. The summed E-state index contributed by atoms with van der Waals surface area (Å²) in [6, 6.07) is 1.88. The van der Waals surface area contributed by atoms with Crippen LogP contribution in [-0.2, 0) is 0 Å². The van der Waals surface area contributed by atoms with Gasteiger partial charge in [-0.1, -0.05) is 5.39 Å². The minimum absolute atomic E-state index is 0.838. The van der Waals surface area contributed by atoms with E-state index in [1.807, 2.05) is 12.3 Å². The van der Waals surface area contributed by atoms with Gasteiger partial charge in [-0.15, -0.1) is 6.07 Å². The number of H-pyrrole nitrogens is 1. The lowest BCUT2D eigenvalue weighted by atomic mass is 10.4. The smallest absolute Gasteiger partial charge is 0.0453 e. The van der Waals surface area contributed by atoms with Gasteiger partial charge in [0.2, 0.25) is 0 Å². The molecule has 0 bridgehead atoms. The fourth-order valence-corrected chi connectivity index (χ4v) is 0.743. The number of fused-ring (bicyclic) bond motifs is 1. The summed E-state index contributed by atoms with van der Waals surface area (Å²) in [7, 11) is 0. The summed E-state index contributed by atoms with van der Waals surface area (Å²) in [4.78, 5) is 10.6. The van der Waals surface area contributed by atoms with Crippen LogP contribution in [0.5, 0.6) is 0 Å². The average Bonchev–Trinajstić information content (AvgIpc) is 2.33. The first-order valence-electron chi connectivity index (χ1n) is 2.62. The van der Waals surface area contributed by atoms with Crippen molar-refractivity contribution in [2.45, 2.75) is 0 Å². The largest absolute Gasteiger partial charge is 0.394 e. The Bertz CT molecular complexity index is 282. The van der Waals surface area contributed by atoms with Gasteiger partial charge in [0.25, 0.3) is 0 Å². The van der Waals surface area contributed by atoms with Gasteiger partial charge in [0, 0.05) is 12.0 Å². The normalized spacial score (nSPS) is 10.2. The first-order chi connectivity index (χ1) is 4.47. The van der Waals surface area contributed by atoms with E-state index >= 15 is 0 Å². The number of nitrogens with zero attached hydrogens (tertiary/aromatic N) is 2. The van der Waals surface area contributed by atoms with Gasteiger partial charge in [0.1, 0.15) is 0 Å². The van der Waals surface area contributed by atoms with Crippen LogP contribution in [0.15, 0.2) is 18.6 Å². The van der Waals surface area contributed by atoms with Gasteiger partial charge in [-0.3, -0.25) is 0 Å². The summed E-state index contributed by atoms with van der Waals surface area (Å²) in [5.41, 5.74) is 0.838. The Labute approximate surface area is 51.8 Å². The molecule has 0 amide bonds. The Balaban J connectivity index is 2.95. The third kappa shape index (κ3) is 0.579. The Morgan fingerprint density at radius 2 is 2.56 bits per heavy atom. The minimum atomic E-state index is 0.838. The molecule has 2 rings (SSSR count). The molecule has 0 aromatic carbocycles. The Morgan fingerprint density at radius 3 is 3.44 bits per heavy atom. The molecule has 0 aliphatic heterocycles. The molecule has 0 saturated heterocycles. The Hall–Kier alpha value is -1.38. The van der Waals surface area contributed by atoms with Crippen molar-refractivity contribution in [3.63, 3.8) is 0 Å². The Morgan fingerprint density at radius 1 is 1.56 bits per heavy atom. The average molecular weight is 118 g/mol. The van der Waals surface area contributed by atoms with Gasteiger partial charge in [-0.2, -0.15) is 0 Å². The molecule has 9 heavy (non-hydrogen) atoms. The van der Waals surface area contributed by atoms with E-state index in [0.717, 1.165) is 11.0 Å². The molecule has 2 aromatic rings. The van der Waals surface area contributed by atoms with E-state index in [2.05, 4.69) is 21.1 Å². The van der Waals surface area contributed by atoms with Crippen molar-refractivity contribution in [2.24, 2.45) is 0 Å². The molecule has 0 spiro atoms. The van der Waals surface area contributed by atoms with E-state index in [9.17, 15) is 0 Å². The van der Waals surface area contributed by atoms with Gasteiger partial charge < -0.3 is 15.0 Å². The third-order valence-electron chi connectivity index (χ3n) is 1.15. The fourth-order valence-electron chi connectivity index (χ4n) is 0.743. The van der Waals surface area contributed by atoms with E-state index in [0.29, 0.717) is 0 Å². The summed E-state index contributed by atoms with van der Waals surface area (Å²) in [5.74, 6) is 0. The highest BCUT2D eigenvalue weighted by molar-refractivity contribution is 5.72. The van der Waals surface area contributed by atoms with Gasteiger partial charge in [-0.05, 0) is 12.4 Å². The van der Waals surface area contributed by atoms with Crippen molar-refractivity contribution in [3.8, 4) is 0 Å². The standard InChI is InChI=1S/C6H4N3/c1-2-8-6-5(1)3-7-4-9-6/h1-2,4H,(H,7,8,9)/q-1. The lowest BCUT2D eigenvalue weighted by molar-refractivity contribution is 1.19. The highest BCUT2D eigenvalue weighted by Gasteiger charge is 1.80. The highest BCUT2D eigenvalue weighted by Crippen LogP contribution is 2.03. The fraction of sp³-hybridized carbons (Fsp3) is 0. The van der Waals surface area contributed by atoms with Crippen LogP contribution >= 0.6 is 0 Å². The number of rotatable bonds is 0. The van der Waals surface area contributed by atoms with Crippen molar-refractivity contribution in [1.82, 2.24) is 15.0 Å². The first-order valence-corrected chi connectivity index (χ1v) is 2.62. The molecule has 2 aromatic heterocycles. The zero-order chi connectivity index (χ0) is 6.10. The Kier molecular flexibility index (Phi) is 0.773. The van der Waals surface area contributed by atoms with E-state index in [1.165, 1.54) is 6.33 Å². The molecular weight excluding hydrogens is 114 g/mol. The number of nitrogens with one attached hydrogen (secondary N) is 1. The van der Waals surface area contributed by atoms with Crippen LogP contribution in [0.1, 0.15) is 0 Å². The minimum Gasteiger partial charge on any atom is -0.394 e. The second-order valence-corrected chi connectivity index (χ2v) is 1.73. The molecule has 0 atom stereocenters. The first kappa shape index (κ1) is 4.49. The molecule has 44 valence electrons. The second kappa shape index (κ2) is 1.55. The van der Waals surface area contributed by atoms with Gasteiger partial charge >= 0.3 is 0 Å². The van der Waals surface area contributed by atoms with Crippen molar-refractivity contribution >= 4 is 11.0 Å². The van der Waals surface area contributed by atoms with E-state index < -0.39 is 0 Å². The van der Waals surface area contributed by atoms with Crippen molar-refractivity contribution in [1.29, 1.82) is 0 Å². The van der Waals surface area contributed by atoms with E-state index in [-0.39, 0.29) is 0 Å². The molecular formula is C6H4N3-. The molecule has 0 unspecified atom stereocenters. The summed E-state index contributed by atoms with van der Waals surface area (Å²) in [5, 5.41) is 0.928. The molecule has 0 fully saturated rings. The molecule has 3 heteroatoms. The number of aromatic amines is 1. The lowest BCUT2D eigenvalue weighted by Crippen LogP contribution is -1.76. The molecule has 0 aliphatic carbocycles. The zero-order valence-corrected chi connectivity index (χ0v) is 4.63. The van der Waals surface area contributed by atoms with Crippen molar-refractivity contribution in [2.75, 3.05) is 0 Å². The molecule has 3 nitrogen and oxygen atoms in total. The van der Waals surface area contributed by atoms with Gasteiger partial charge in [-0.25, -0.2) is 0 Å². The highest BCUT2D eigenvalue weighted by atomic mass is 14.9. The monoisotopic (exact) mass is 118 g/mol. The summed E-state index contributed by atoms with van der Waals surface area (Å²) in [6.07, 6.45) is 6.07. The topological polar surface area (TPSA) is 41.6 Å². The quantitative estimate of drug-likeness (QED) is 0.519. The second-order valence-electron chi connectivity index (χ2n) is 1.73. The number of hydrogen-bond acceptors (Lipinski definition) is 2. The summed E-state index contributed by atoms with van der Waals surface area (Å²) >= 11 is 0. The van der Waals surface area contributed by atoms with Crippen LogP contribution in [0.2, 0.25) is 0 Å². The van der Waals surface area contributed by atoms with E-state index in [4.69, 9.17) is 0 Å². The SMILES string of the molecule is [c-]1ncnc2[nH]ccc12. The predicted octanol–water partition coefficient (Wildman–Crippen LogP) is 0.758. The van der Waals surface area contributed by atoms with Crippen LogP contribution in [0, 0.1) is 6.20 Å². The maximum absolute atomic E-state index is 3.94. The number of aromatic nitrogens is 3. The van der Waals surface area contributed by atoms with Crippen LogP contribution in [0.25, 0.3) is 11.0 Å². The maximum atomic E-state index is 3.94. The van der Waals surface area contributed by atoms with E-state index in [1.54, 1.807) is 0 Å². The van der Waals surface area contributed by atoms with Crippen molar-refractivity contribution < 1.29 is 0 Å². The van der Waals surface area contributed by atoms with Gasteiger partial charge in [0.05, 0.1) is 0 Å². The molecule has 0 aliphatic rings. The lowest BCUT2D eigenvalue weighted by Gasteiger charge is -1.91. The number of hydrogen-bond donors (Lipinski definition) is 1. The molecule has 0 radical (unpaired) electrons. The predicted molar refractivity (Wildman–Crippen MR) is 32.7 cm³/mol. The van der Waals surface area contributed by atoms with Gasteiger partial charge in [0.15, 0.2) is 0 Å². The molecule has 2 heterocycles. The molecule has 1 N–H and O–H groups in total. The van der Waals surface area contributed by atoms with Crippen LogP contribution in [0.4, 0.5) is 0 Å². The third-order valence-corrected chi connectivity index (χ3v) is 1.15. The van der Waals surface area contributed by atoms with Crippen LogP contribution in [0.3, 0.4) is 0 Å². The zero-order valence-electron chi connectivity index (χ0n) is 4.63. The molecule has 0 saturated carbocycles. The maximum Gasteiger partial charge on any atom is 0.0453 e.